The molecule has 1 N–H and O–H groups in total. The van der Waals surface area contributed by atoms with Crippen molar-refractivity contribution in [3.63, 3.8) is 0 Å². The number of aromatic amines is 1. The number of nitrogens with one attached hydrogen (secondary N) is 1. The minimum atomic E-state index is 0.294. The standard InChI is InChI=1S/C13H15NO/c1-3-10(15)8-12-9(2)14-13-7-5-4-6-11(12)13/h4-7,14H,3,8H2,1-2H3. The maximum atomic E-state index is 11.5. The first kappa shape index (κ1) is 9.97. The van der Waals surface area contributed by atoms with Gasteiger partial charge in [-0.05, 0) is 18.6 Å². The fraction of sp³-hybridized carbons (Fsp3) is 0.308. The summed E-state index contributed by atoms with van der Waals surface area (Å²) in [5, 5.41) is 1.18. The van der Waals surface area contributed by atoms with Crippen molar-refractivity contribution in [3.05, 3.63) is 35.5 Å². The van der Waals surface area contributed by atoms with Crippen molar-refractivity contribution in [2.75, 3.05) is 0 Å². The summed E-state index contributed by atoms with van der Waals surface area (Å²) in [5.74, 6) is 0.294. The van der Waals surface area contributed by atoms with Crippen molar-refractivity contribution in [2.45, 2.75) is 26.7 Å². The molecule has 0 spiro atoms. The SMILES string of the molecule is CCC(=O)Cc1c(C)[nH]c2ccccc12. The first-order chi connectivity index (χ1) is 7.22. The quantitative estimate of drug-likeness (QED) is 0.813. The molecule has 0 saturated heterocycles. The summed E-state index contributed by atoms with van der Waals surface area (Å²) in [5.41, 5.74) is 3.38. The van der Waals surface area contributed by atoms with Gasteiger partial charge < -0.3 is 4.98 Å². The smallest absolute Gasteiger partial charge is 0.137 e. The van der Waals surface area contributed by atoms with Gasteiger partial charge in [-0.25, -0.2) is 0 Å². The van der Waals surface area contributed by atoms with Crippen LogP contribution in [0.2, 0.25) is 0 Å². The zero-order valence-electron chi connectivity index (χ0n) is 9.13. The van der Waals surface area contributed by atoms with Crippen molar-refractivity contribution in [2.24, 2.45) is 0 Å². The number of carbonyl (C=O) groups excluding carboxylic acids is 1. The van der Waals surface area contributed by atoms with Gasteiger partial charge in [0.15, 0.2) is 0 Å². The number of benzene rings is 1. The van der Waals surface area contributed by atoms with Gasteiger partial charge in [0.05, 0.1) is 0 Å². The molecule has 0 aliphatic rings. The number of carbonyl (C=O) groups is 1. The van der Waals surface area contributed by atoms with E-state index in [1.54, 1.807) is 0 Å². The molecule has 0 aliphatic carbocycles. The Labute approximate surface area is 89.3 Å². The van der Waals surface area contributed by atoms with Gasteiger partial charge in [0.25, 0.3) is 0 Å². The molecule has 2 heteroatoms. The van der Waals surface area contributed by atoms with Crippen LogP contribution in [-0.4, -0.2) is 10.8 Å². The Balaban J connectivity index is 2.49. The Morgan fingerprint density at radius 1 is 1.33 bits per heavy atom. The van der Waals surface area contributed by atoms with Crippen LogP contribution in [0.15, 0.2) is 24.3 Å². The van der Waals surface area contributed by atoms with E-state index < -0.39 is 0 Å². The van der Waals surface area contributed by atoms with E-state index in [1.807, 2.05) is 32.0 Å². The van der Waals surface area contributed by atoms with E-state index in [0.29, 0.717) is 18.6 Å². The largest absolute Gasteiger partial charge is 0.358 e. The number of ketones is 1. The molecule has 2 aromatic rings. The van der Waals surface area contributed by atoms with Gasteiger partial charge >= 0.3 is 0 Å². The molecule has 0 radical (unpaired) electrons. The molecule has 1 heterocycles. The van der Waals surface area contributed by atoms with Gasteiger partial charge in [-0.3, -0.25) is 4.79 Å². The molecular formula is C13H15NO. The van der Waals surface area contributed by atoms with Crippen molar-refractivity contribution < 1.29 is 4.79 Å². The zero-order valence-corrected chi connectivity index (χ0v) is 9.13. The average molecular weight is 201 g/mol. The summed E-state index contributed by atoms with van der Waals surface area (Å²) in [7, 11) is 0. The molecule has 2 rings (SSSR count). The number of Topliss-reactive ketones (excluding diaryl/α,β-unsaturated/α-hetero) is 1. The van der Waals surface area contributed by atoms with Gasteiger partial charge in [-0.15, -0.1) is 0 Å². The van der Waals surface area contributed by atoms with Gasteiger partial charge in [-0.2, -0.15) is 0 Å². The Morgan fingerprint density at radius 2 is 2.07 bits per heavy atom. The van der Waals surface area contributed by atoms with Crippen LogP contribution >= 0.6 is 0 Å². The second-order valence-electron chi connectivity index (χ2n) is 3.84. The molecule has 0 saturated carbocycles. The summed E-state index contributed by atoms with van der Waals surface area (Å²) < 4.78 is 0. The van der Waals surface area contributed by atoms with Gasteiger partial charge in [0.1, 0.15) is 5.78 Å². The van der Waals surface area contributed by atoms with E-state index in [9.17, 15) is 4.79 Å². The lowest BCUT2D eigenvalue weighted by Crippen LogP contribution is -2.00. The maximum Gasteiger partial charge on any atom is 0.137 e. The van der Waals surface area contributed by atoms with E-state index in [0.717, 1.165) is 16.8 Å². The number of para-hydroxylation sites is 1. The molecule has 1 aromatic heterocycles. The average Bonchev–Trinajstić information content (AvgIpc) is 2.55. The number of H-pyrrole nitrogens is 1. The first-order valence-corrected chi connectivity index (χ1v) is 5.30. The van der Waals surface area contributed by atoms with Crippen LogP contribution in [-0.2, 0) is 11.2 Å². The molecule has 0 atom stereocenters. The number of fused-ring (bicyclic) bond motifs is 1. The Bertz CT molecular complexity index is 496. The van der Waals surface area contributed by atoms with E-state index >= 15 is 0 Å². The molecule has 2 nitrogen and oxygen atoms in total. The minimum Gasteiger partial charge on any atom is -0.358 e. The fourth-order valence-corrected chi connectivity index (χ4v) is 1.88. The molecule has 15 heavy (non-hydrogen) atoms. The molecule has 0 aliphatic heterocycles. The third kappa shape index (κ3) is 1.80. The number of rotatable bonds is 3. The summed E-state index contributed by atoms with van der Waals surface area (Å²) in [4.78, 5) is 14.8. The second kappa shape index (κ2) is 3.89. The van der Waals surface area contributed by atoms with Gasteiger partial charge in [-0.1, -0.05) is 25.1 Å². The normalized spacial score (nSPS) is 10.8. The van der Waals surface area contributed by atoms with Crippen LogP contribution < -0.4 is 0 Å². The highest BCUT2D eigenvalue weighted by Crippen LogP contribution is 2.22. The van der Waals surface area contributed by atoms with E-state index in [-0.39, 0.29) is 0 Å². The van der Waals surface area contributed by atoms with Gasteiger partial charge in [0, 0.05) is 29.4 Å². The molecule has 1 aromatic carbocycles. The third-order valence-corrected chi connectivity index (χ3v) is 2.80. The summed E-state index contributed by atoms with van der Waals surface area (Å²) >= 11 is 0. The van der Waals surface area contributed by atoms with Crippen molar-refractivity contribution >= 4 is 16.7 Å². The number of hydrogen-bond acceptors (Lipinski definition) is 1. The van der Waals surface area contributed by atoms with Crippen LogP contribution in [0.25, 0.3) is 10.9 Å². The lowest BCUT2D eigenvalue weighted by atomic mass is 10.0. The predicted molar refractivity (Wildman–Crippen MR) is 62.0 cm³/mol. The Kier molecular flexibility index (Phi) is 2.58. The fourth-order valence-electron chi connectivity index (χ4n) is 1.88. The highest BCUT2D eigenvalue weighted by Gasteiger charge is 2.10. The third-order valence-electron chi connectivity index (χ3n) is 2.80. The highest BCUT2D eigenvalue weighted by molar-refractivity contribution is 5.90. The highest BCUT2D eigenvalue weighted by atomic mass is 16.1. The molecule has 0 unspecified atom stereocenters. The zero-order chi connectivity index (χ0) is 10.8. The van der Waals surface area contributed by atoms with Crippen LogP contribution in [0.4, 0.5) is 0 Å². The summed E-state index contributed by atoms with van der Waals surface area (Å²) in [6.45, 7) is 3.94. The second-order valence-corrected chi connectivity index (χ2v) is 3.84. The number of hydrogen-bond donors (Lipinski definition) is 1. The monoisotopic (exact) mass is 201 g/mol. The van der Waals surface area contributed by atoms with E-state index in [2.05, 4.69) is 11.1 Å². The van der Waals surface area contributed by atoms with Crippen LogP contribution in [0.1, 0.15) is 24.6 Å². The van der Waals surface area contributed by atoms with E-state index in [4.69, 9.17) is 0 Å². The maximum absolute atomic E-state index is 11.5. The lowest BCUT2D eigenvalue weighted by molar-refractivity contribution is -0.118. The van der Waals surface area contributed by atoms with Gasteiger partial charge in [0.2, 0.25) is 0 Å². The predicted octanol–water partition coefficient (Wildman–Crippen LogP) is 3.00. The summed E-state index contributed by atoms with van der Waals surface area (Å²) in [6, 6.07) is 8.12. The van der Waals surface area contributed by atoms with Crippen LogP contribution in [0.5, 0.6) is 0 Å². The van der Waals surface area contributed by atoms with Crippen molar-refractivity contribution in [1.82, 2.24) is 4.98 Å². The molecular weight excluding hydrogens is 186 g/mol. The molecule has 78 valence electrons. The molecule has 0 bridgehead atoms. The topological polar surface area (TPSA) is 32.9 Å². The molecule has 0 amide bonds. The summed E-state index contributed by atoms with van der Waals surface area (Å²) in [6.07, 6.45) is 1.16. The number of aromatic nitrogens is 1. The van der Waals surface area contributed by atoms with Crippen LogP contribution in [0, 0.1) is 6.92 Å². The Hall–Kier alpha value is -1.57. The Morgan fingerprint density at radius 3 is 2.80 bits per heavy atom. The van der Waals surface area contributed by atoms with Crippen molar-refractivity contribution in [3.8, 4) is 0 Å². The van der Waals surface area contributed by atoms with E-state index in [1.165, 1.54) is 5.39 Å². The molecule has 0 fully saturated rings. The number of aryl methyl sites for hydroxylation is 1. The van der Waals surface area contributed by atoms with Crippen LogP contribution in [0.3, 0.4) is 0 Å². The lowest BCUT2D eigenvalue weighted by Gasteiger charge is -1.98. The van der Waals surface area contributed by atoms with Crippen molar-refractivity contribution in [1.29, 1.82) is 0 Å². The first-order valence-electron chi connectivity index (χ1n) is 5.30. The minimum absolute atomic E-state index is 0.294.